The van der Waals surface area contributed by atoms with E-state index in [2.05, 4.69) is 20.6 Å². The lowest BCUT2D eigenvalue weighted by atomic mass is 9.94. The smallest absolute Gasteiger partial charge is 0.388 e. The van der Waals surface area contributed by atoms with Gasteiger partial charge in [0.2, 0.25) is 0 Å². The van der Waals surface area contributed by atoms with Crippen molar-refractivity contribution < 1.29 is 18.0 Å². The first-order chi connectivity index (χ1) is 16.1. The van der Waals surface area contributed by atoms with E-state index in [0.717, 1.165) is 23.6 Å². The summed E-state index contributed by atoms with van der Waals surface area (Å²) < 4.78 is 40.9. The zero-order valence-corrected chi connectivity index (χ0v) is 20.1. The van der Waals surface area contributed by atoms with Crippen LogP contribution in [0.25, 0.3) is 0 Å². The molecule has 182 valence electrons. The molecule has 2 aromatic rings. The Bertz CT molecular complexity index is 1090. The minimum Gasteiger partial charge on any atom is -0.388 e. The molecule has 0 aliphatic carbocycles. The van der Waals surface area contributed by atoms with Gasteiger partial charge in [0.25, 0.3) is 0 Å². The molecule has 0 amide bonds. The van der Waals surface area contributed by atoms with Gasteiger partial charge in [-0.1, -0.05) is 26.0 Å². The topological polar surface area (TPSA) is 65.8 Å². The first-order valence-corrected chi connectivity index (χ1v) is 11.1. The molecular formula is C26H31F3N4O. The van der Waals surface area contributed by atoms with Gasteiger partial charge in [-0.2, -0.15) is 13.2 Å². The molecule has 1 atom stereocenters. The van der Waals surface area contributed by atoms with Crippen LogP contribution in [-0.4, -0.2) is 31.4 Å². The fourth-order valence-corrected chi connectivity index (χ4v) is 3.44. The first kappa shape index (κ1) is 26.8. The summed E-state index contributed by atoms with van der Waals surface area (Å²) in [5.74, 6) is 0.0202. The molecule has 0 aromatic heterocycles. The average Bonchev–Trinajstić information content (AvgIpc) is 2.83. The second kappa shape index (κ2) is 12.2. The number of nitrogens with one attached hydrogen (secondary N) is 2. The van der Waals surface area contributed by atoms with Crippen LogP contribution in [0.1, 0.15) is 60.7 Å². The molecule has 0 aliphatic rings. The van der Waals surface area contributed by atoms with E-state index in [1.54, 1.807) is 51.4 Å². The summed E-state index contributed by atoms with van der Waals surface area (Å²) in [7, 11) is 1.58. The molecule has 0 bridgehead atoms. The summed E-state index contributed by atoms with van der Waals surface area (Å²) in [4.78, 5) is 20.2. The van der Waals surface area contributed by atoms with Gasteiger partial charge < -0.3 is 10.6 Å². The first-order valence-electron chi connectivity index (χ1n) is 11.1. The van der Waals surface area contributed by atoms with Gasteiger partial charge in [0, 0.05) is 42.6 Å². The Morgan fingerprint density at radius 2 is 1.85 bits per heavy atom. The minimum absolute atomic E-state index is 0.161. The number of hydrogen-bond donors (Lipinski definition) is 2. The number of aliphatic imine (C=N–C) groups is 2. The van der Waals surface area contributed by atoms with E-state index in [1.807, 2.05) is 19.9 Å². The maximum atomic E-state index is 13.6. The number of nitrogens with zero attached hydrogens (tertiary/aromatic N) is 2. The lowest BCUT2D eigenvalue weighted by molar-refractivity contribution is -0.138. The van der Waals surface area contributed by atoms with Crippen LogP contribution < -0.4 is 10.6 Å². The quantitative estimate of drug-likeness (QED) is 0.242. The van der Waals surface area contributed by atoms with Crippen molar-refractivity contribution in [1.82, 2.24) is 0 Å². The number of carbonyl (C=O) groups excluding carboxylic acids is 1. The third-order valence-corrected chi connectivity index (χ3v) is 5.39. The Hall–Kier alpha value is -3.42. The number of carbonyl (C=O) groups is 1. The Morgan fingerprint density at radius 1 is 1.15 bits per heavy atom. The molecule has 2 aromatic carbocycles. The molecule has 2 N–H and O–H groups in total. The van der Waals surface area contributed by atoms with E-state index in [-0.39, 0.29) is 12.1 Å². The van der Waals surface area contributed by atoms with Gasteiger partial charge >= 0.3 is 6.18 Å². The molecule has 0 heterocycles. The van der Waals surface area contributed by atoms with Crippen molar-refractivity contribution in [2.75, 3.05) is 24.2 Å². The second-order valence-corrected chi connectivity index (χ2v) is 7.85. The molecule has 0 saturated carbocycles. The number of aryl methyl sites for hydroxylation is 1. The van der Waals surface area contributed by atoms with Crippen LogP contribution >= 0.6 is 0 Å². The van der Waals surface area contributed by atoms with Crippen molar-refractivity contribution in [2.45, 2.75) is 46.2 Å². The highest BCUT2D eigenvalue weighted by molar-refractivity contribution is 6.44. The number of aldehydes is 1. The van der Waals surface area contributed by atoms with Crippen molar-refractivity contribution >= 4 is 29.2 Å². The number of amidine groups is 1. The third-order valence-electron chi connectivity index (χ3n) is 5.39. The maximum Gasteiger partial charge on any atom is 0.416 e. The van der Waals surface area contributed by atoms with Crippen LogP contribution in [0.5, 0.6) is 0 Å². The van der Waals surface area contributed by atoms with Gasteiger partial charge in [0.05, 0.1) is 11.3 Å². The van der Waals surface area contributed by atoms with Gasteiger partial charge in [-0.15, -0.1) is 0 Å². The highest BCUT2D eigenvalue weighted by atomic mass is 19.4. The molecule has 5 nitrogen and oxygen atoms in total. The highest BCUT2D eigenvalue weighted by Crippen LogP contribution is 2.37. The van der Waals surface area contributed by atoms with Crippen molar-refractivity contribution in [1.29, 1.82) is 0 Å². The summed E-state index contributed by atoms with van der Waals surface area (Å²) in [6, 6.07) is 9.65. The monoisotopic (exact) mass is 472 g/mol. The molecule has 1 unspecified atom stereocenters. The number of rotatable bonds is 9. The van der Waals surface area contributed by atoms with Crippen LogP contribution in [0.2, 0.25) is 0 Å². The van der Waals surface area contributed by atoms with Gasteiger partial charge in [0.15, 0.2) is 5.84 Å². The standard InChI is InChI=1S/C26H31F3N4O/c1-6-12-31-25(33-22-9-8-20(16-34)19(7-2)13-22)18(4)32-15-17(3)23-11-10-21(30-5)14-24(23)26(27,28)29/h6,8-14,16-17,30H,7,15H2,1-5H3,(H,31,33)/b12-6-,32-18+. The predicted octanol–water partition coefficient (Wildman–Crippen LogP) is 6.73. The predicted molar refractivity (Wildman–Crippen MR) is 134 cm³/mol. The molecule has 0 radical (unpaired) electrons. The van der Waals surface area contributed by atoms with Crippen molar-refractivity contribution in [2.24, 2.45) is 9.98 Å². The number of hydrogen-bond acceptors (Lipinski definition) is 4. The third kappa shape index (κ3) is 7.04. The number of anilines is 2. The molecule has 8 heteroatoms. The Balaban J connectivity index is 2.30. The van der Waals surface area contributed by atoms with Crippen LogP contribution in [0.4, 0.5) is 24.5 Å². The fourth-order valence-electron chi connectivity index (χ4n) is 3.44. The maximum absolute atomic E-state index is 13.6. The fraction of sp³-hybridized carbons (Fsp3) is 0.346. The molecule has 0 fully saturated rings. The van der Waals surface area contributed by atoms with Gasteiger partial charge in [-0.3, -0.25) is 9.79 Å². The summed E-state index contributed by atoms with van der Waals surface area (Å²) >= 11 is 0. The number of alkyl halides is 3. The number of halogens is 3. The molecule has 0 aliphatic heterocycles. The van der Waals surface area contributed by atoms with E-state index in [0.29, 0.717) is 29.2 Å². The van der Waals surface area contributed by atoms with Crippen molar-refractivity contribution in [3.63, 3.8) is 0 Å². The van der Waals surface area contributed by atoms with E-state index >= 15 is 0 Å². The summed E-state index contributed by atoms with van der Waals surface area (Å²) in [6.45, 7) is 7.44. The summed E-state index contributed by atoms with van der Waals surface area (Å²) in [5.41, 5.74) is 2.77. The van der Waals surface area contributed by atoms with Crippen molar-refractivity contribution in [3.8, 4) is 0 Å². The van der Waals surface area contributed by atoms with E-state index in [1.165, 1.54) is 6.07 Å². The molecule has 0 saturated heterocycles. The molecule has 2 rings (SSSR count). The van der Waals surface area contributed by atoms with Gasteiger partial charge in [-0.05, 0) is 61.7 Å². The largest absolute Gasteiger partial charge is 0.416 e. The average molecular weight is 473 g/mol. The normalized spacial score (nSPS) is 13.8. The Kier molecular flexibility index (Phi) is 9.59. The minimum atomic E-state index is -4.46. The Labute approximate surface area is 198 Å². The van der Waals surface area contributed by atoms with E-state index in [4.69, 9.17) is 0 Å². The van der Waals surface area contributed by atoms with Gasteiger partial charge in [0.1, 0.15) is 6.29 Å². The van der Waals surface area contributed by atoms with Crippen molar-refractivity contribution in [3.05, 3.63) is 70.9 Å². The number of allylic oxidation sites excluding steroid dienone is 1. The summed E-state index contributed by atoms with van der Waals surface area (Å²) in [6.07, 6.45) is 0.445. The van der Waals surface area contributed by atoms with Crippen LogP contribution in [0, 0.1) is 0 Å². The summed E-state index contributed by atoms with van der Waals surface area (Å²) in [5, 5.41) is 5.97. The van der Waals surface area contributed by atoms with Crippen LogP contribution in [0.15, 0.2) is 58.7 Å². The van der Waals surface area contributed by atoms with Crippen LogP contribution in [0.3, 0.4) is 0 Å². The number of benzene rings is 2. The molecule has 34 heavy (non-hydrogen) atoms. The molecule has 0 spiro atoms. The van der Waals surface area contributed by atoms with Crippen LogP contribution in [-0.2, 0) is 12.6 Å². The van der Waals surface area contributed by atoms with E-state index < -0.39 is 17.7 Å². The lowest BCUT2D eigenvalue weighted by Crippen LogP contribution is -2.22. The molecular weight excluding hydrogens is 441 g/mol. The second-order valence-electron chi connectivity index (χ2n) is 7.85. The zero-order chi connectivity index (χ0) is 25.3. The Morgan fingerprint density at radius 3 is 2.44 bits per heavy atom. The SMILES string of the molecule is C\C=C/N=C(Nc1ccc(C=O)c(CC)c1)\C(C)=N\CC(C)c1ccc(NC)cc1C(F)(F)F. The van der Waals surface area contributed by atoms with E-state index in [9.17, 15) is 18.0 Å². The van der Waals surface area contributed by atoms with Gasteiger partial charge in [-0.25, -0.2) is 4.99 Å². The highest BCUT2D eigenvalue weighted by Gasteiger charge is 2.34. The lowest BCUT2D eigenvalue weighted by Gasteiger charge is -2.19. The zero-order valence-electron chi connectivity index (χ0n) is 20.1.